The van der Waals surface area contributed by atoms with Crippen LogP contribution in [0.4, 0.5) is 0 Å². The average molecular weight is 705 g/mol. The smallest absolute Gasteiger partial charge is 0.344 e. The molecule has 0 spiro atoms. The molecular formula is C38H40O13. The third-order valence-electron chi connectivity index (χ3n) is 8.62. The molecule has 5 rings (SSSR count). The molecule has 1 aliphatic heterocycles. The lowest BCUT2D eigenvalue weighted by Crippen LogP contribution is -2.46. The van der Waals surface area contributed by atoms with E-state index in [2.05, 4.69) is 13.2 Å². The van der Waals surface area contributed by atoms with Crippen LogP contribution in [0.1, 0.15) is 54.5 Å². The van der Waals surface area contributed by atoms with Crippen molar-refractivity contribution in [3.63, 3.8) is 0 Å². The van der Waals surface area contributed by atoms with E-state index in [9.17, 15) is 19.5 Å². The highest BCUT2D eigenvalue weighted by Gasteiger charge is 2.51. The van der Waals surface area contributed by atoms with Crippen molar-refractivity contribution in [2.24, 2.45) is 5.92 Å². The van der Waals surface area contributed by atoms with Crippen LogP contribution in [0.2, 0.25) is 0 Å². The Morgan fingerprint density at radius 2 is 1.63 bits per heavy atom. The van der Waals surface area contributed by atoms with E-state index in [0.29, 0.717) is 5.56 Å². The highest BCUT2D eigenvalue weighted by molar-refractivity contribution is 5.92. The minimum absolute atomic E-state index is 0.00786. The normalized spacial score (nSPS) is 19.9. The zero-order valence-electron chi connectivity index (χ0n) is 29.0. The molecule has 51 heavy (non-hydrogen) atoms. The van der Waals surface area contributed by atoms with Gasteiger partial charge >= 0.3 is 17.9 Å². The monoisotopic (exact) mass is 704 g/mol. The van der Waals surface area contributed by atoms with Gasteiger partial charge in [0.05, 0.1) is 19.8 Å². The Morgan fingerprint density at radius 3 is 2.27 bits per heavy atom. The number of hydrogen-bond donors (Lipinski definition) is 1. The van der Waals surface area contributed by atoms with Crippen LogP contribution in [0.15, 0.2) is 67.8 Å². The predicted molar refractivity (Wildman–Crippen MR) is 182 cm³/mol. The van der Waals surface area contributed by atoms with Crippen LogP contribution in [-0.2, 0) is 23.8 Å². The molecule has 13 heteroatoms. The van der Waals surface area contributed by atoms with E-state index in [0.717, 1.165) is 0 Å². The lowest BCUT2D eigenvalue weighted by Gasteiger charge is -2.44. The molecule has 0 radical (unpaired) electrons. The average Bonchev–Trinajstić information content (AvgIpc) is 3.60. The lowest BCUT2D eigenvalue weighted by atomic mass is 9.71. The van der Waals surface area contributed by atoms with Crippen molar-refractivity contribution in [3.8, 4) is 45.6 Å². The molecular weight excluding hydrogens is 664 g/mol. The summed E-state index contributed by atoms with van der Waals surface area (Å²) in [5.41, 5.74) is -0.837. The van der Waals surface area contributed by atoms with Gasteiger partial charge in [-0.2, -0.15) is 0 Å². The number of rotatable bonds is 13. The van der Waals surface area contributed by atoms with E-state index in [-0.39, 0.29) is 76.8 Å². The van der Waals surface area contributed by atoms with Gasteiger partial charge in [-0.15, -0.1) is 0 Å². The van der Waals surface area contributed by atoms with E-state index in [4.69, 9.17) is 42.6 Å². The predicted octanol–water partition coefficient (Wildman–Crippen LogP) is 5.68. The number of methoxy groups -OCH3 is 2. The molecule has 3 aromatic rings. The fraction of sp³-hybridized carbons (Fsp3) is 0.342. The van der Waals surface area contributed by atoms with Crippen molar-refractivity contribution in [3.05, 3.63) is 84.5 Å². The molecule has 0 amide bonds. The van der Waals surface area contributed by atoms with Gasteiger partial charge in [0.1, 0.15) is 24.9 Å². The Bertz CT molecular complexity index is 1810. The number of hydrogen-bond acceptors (Lipinski definition) is 13. The summed E-state index contributed by atoms with van der Waals surface area (Å²) in [6, 6.07) is 11.4. The molecule has 13 nitrogen and oxygen atoms in total. The minimum Gasteiger partial charge on any atom is -0.493 e. The Labute approximate surface area is 295 Å². The van der Waals surface area contributed by atoms with Crippen LogP contribution in [0.5, 0.6) is 34.5 Å². The van der Waals surface area contributed by atoms with Gasteiger partial charge in [0, 0.05) is 35.1 Å². The second-order valence-electron chi connectivity index (χ2n) is 11.9. The molecule has 270 valence electrons. The van der Waals surface area contributed by atoms with Gasteiger partial charge < -0.3 is 47.7 Å². The first-order valence-electron chi connectivity index (χ1n) is 16.0. The second-order valence-corrected chi connectivity index (χ2v) is 11.9. The maximum atomic E-state index is 13.8. The molecule has 0 aromatic heterocycles. The van der Waals surface area contributed by atoms with Crippen molar-refractivity contribution in [1.82, 2.24) is 0 Å². The molecule has 3 aromatic carbocycles. The summed E-state index contributed by atoms with van der Waals surface area (Å²) in [5.74, 6) is -2.41. The molecule has 4 atom stereocenters. The summed E-state index contributed by atoms with van der Waals surface area (Å²) in [5, 5.41) is 12.6. The van der Waals surface area contributed by atoms with Gasteiger partial charge in [0.25, 0.3) is 0 Å². The molecule has 0 saturated carbocycles. The summed E-state index contributed by atoms with van der Waals surface area (Å²) >= 11 is 0. The number of esters is 3. The number of carbonyl (C=O) groups excluding carboxylic acids is 3. The van der Waals surface area contributed by atoms with Gasteiger partial charge in [0.15, 0.2) is 35.7 Å². The highest BCUT2D eigenvalue weighted by Crippen LogP contribution is 2.61. The Balaban J connectivity index is 1.93. The summed E-state index contributed by atoms with van der Waals surface area (Å²) < 4.78 is 53.1. The first-order valence-corrected chi connectivity index (χ1v) is 16.0. The lowest BCUT2D eigenvalue weighted by molar-refractivity contribution is -0.166. The zero-order valence-corrected chi connectivity index (χ0v) is 29.0. The van der Waals surface area contributed by atoms with Crippen LogP contribution < -0.4 is 28.4 Å². The molecule has 0 bridgehead atoms. The van der Waals surface area contributed by atoms with Crippen molar-refractivity contribution in [1.29, 1.82) is 0 Å². The van der Waals surface area contributed by atoms with E-state index >= 15 is 0 Å². The van der Waals surface area contributed by atoms with Crippen LogP contribution in [0.25, 0.3) is 11.1 Å². The second kappa shape index (κ2) is 15.5. The molecule has 2 aliphatic rings. The topological polar surface area (TPSA) is 155 Å². The SMILES string of the molecule is C=CCOC(=O)COc1c2c(cc3c1-c1c(cc(OC)c(OC)c1OCC=C)[C@H](OC(=O)c1ccccc1)[C@@](C)(O)[C@@H](C)[C@H]3OC(C)=O)OCO2. The van der Waals surface area contributed by atoms with Crippen LogP contribution in [0.3, 0.4) is 0 Å². The molecule has 1 aliphatic carbocycles. The van der Waals surface area contributed by atoms with Crippen molar-refractivity contribution >= 4 is 17.9 Å². The quantitative estimate of drug-likeness (QED) is 0.132. The van der Waals surface area contributed by atoms with E-state index in [1.165, 1.54) is 40.2 Å². The summed E-state index contributed by atoms with van der Waals surface area (Å²) in [6.07, 6.45) is 0.235. The van der Waals surface area contributed by atoms with Crippen molar-refractivity contribution in [2.75, 3.05) is 40.8 Å². The van der Waals surface area contributed by atoms with Gasteiger partial charge in [-0.25, -0.2) is 9.59 Å². The van der Waals surface area contributed by atoms with Crippen molar-refractivity contribution in [2.45, 2.75) is 38.6 Å². The van der Waals surface area contributed by atoms with E-state index in [1.807, 2.05) is 0 Å². The third kappa shape index (κ3) is 7.15. The molecule has 1 heterocycles. The maximum Gasteiger partial charge on any atom is 0.344 e. The molecule has 0 fully saturated rings. The first kappa shape index (κ1) is 36.6. The van der Waals surface area contributed by atoms with E-state index in [1.54, 1.807) is 49.4 Å². The summed E-state index contributed by atoms with van der Waals surface area (Å²) in [7, 11) is 2.83. The molecule has 1 N–H and O–H groups in total. The number of fused-ring (bicyclic) bond motifs is 4. The van der Waals surface area contributed by atoms with Crippen molar-refractivity contribution < 1.29 is 62.1 Å². The van der Waals surface area contributed by atoms with Gasteiger partial charge in [-0.05, 0) is 31.2 Å². The summed E-state index contributed by atoms with van der Waals surface area (Å²) in [6.45, 7) is 10.8. The fourth-order valence-corrected chi connectivity index (χ4v) is 6.11. The zero-order chi connectivity index (χ0) is 36.9. The largest absolute Gasteiger partial charge is 0.493 e. The van der Waals surface area contributed by atoms with Gasteiger partial charge in [-0.1, -0.05) is 50.4 Å². The molecule has 0 saturated heterocycles. The Morgan fingerprint density at radius 1 is 0.922 bits per heavy atom. The Kier molecular flexibility index (Phi) is 11.1. The Hall–Kier alpha value is -5.69. The highest BCUT2D eigenvalue weighted by atomic mass is 16.7. The molecule has 0 unspecified atom stereocenters. The number of carbonyl (C=O) groups is 3. The number of benzene rings is 3. The van der Waals surface area contributed by atoms with Crippen LogP contribution in [-0.4, -0.2) is 69.4 Å². The number of aliphatic hydroxyl groups is 1. The van der Waals surface area contributed by atoms with Gasteiger partial charge in [0.2, 0.25) is 18.3 Å². The minimum atomic E-state index is -1.95. The third-order valence-corrected chi connectivity index (χ3v) is 8.62. The van der Waals surface area contributed by atoms with Crippen LogP contribution in [0, 0.1) is 5.92 Å². The van der Waals surface area contributed by atoms with Crippen LogP contribution >= 0.6 is 0 Å². The number of ether oxygens (including phenoxy) is 9. The first-order chi connectivity index (χ1) is 24.5. The van der Waals surface area contributed by atoms with Gasteiger partial charge in [-0.3, -0.25) is 4.79 Å². The maximum absolute atomic E-state index is 13.8. The standard InChI is InChI=1S/C38H40O13/c1-8-15-45-28(40)19-47-35-29-24(17-27-33(35)49-20-48-27)31(50-22(4)39)21(3)38(5,42)36(51-37(41)23-13-11-10-12-14-23)25-18-26(43-6)32(44-7)34(30(25)29)46-16-9-2/h8-14,17-18,21,31,36,42H,1-2,15-16,19-20H2,3-7H3/t21-,31+,36-,38-/m0/s1. The van der Waals surface area contributed by atoms with E-state index < -0.39 is 48.2 Å². The summed E-state index contributed by atoms with van der Waals surface area (Å²) in [4.78, 5) is 39.3. The fourth-order valence-electron chi connectivity index (χ4n) is 6.11.